The first-order chi connectivity index (χ1) is 15.2. The second-order valence-corrected chi connectivity index (χ2v) is 8.90. The van der Waals surface area contributed by atoms with Gasteiger partial charge in [-0.25, -0.2) is 4.99 Å². The molecular weight excluding hydrogens is 533 g/mol. The van der Waals surface area contributed by atoms with E-state index >= 15 is 0 Å². The van der Waals surface area contributed by atoms with Gasteiger partial charge in [0.25, 0.3) is 0 Å². The van der Waals surface area contributed by atoms with E-state index in [1.165, 1.54) is 10.4 Å². The summed E-state index contributed by atoms with van der Waals surface area (Å²) in [5.41, 5.74) is 1.37. The average Bonchev–Trinajstić information content (AvgIpc) is 3.43. The van der Waals surface area contributed by atoms with E-state index in [2.05, 4.69) is 73.2 Å². The largest absolute Gasteiger partial charge is 0.356 e. The first kappa shape index (κ1) is 24.7. The summed E-state index contributed by atoms with van der Waals surface area (Å²) in [6, 6.07) is 15.0. The predicted molar refractivity (Wildman–Crippen MR) is 142 cm³/mol. The molecule has 3 aromatic rings. The molecule has 1 aliphatic heterocycles. The molecule has 32 heavy (non-hydrogen) atoms. The number of hydrogen-bond acceptors (Lipinski definition) is 5. The lowest BCUT2D eigenvalue weighted by molar-refractivity contribution is 0.172. The average molecular weight is 566 g/mol. The fraction of sp³-hybridized carbons (Fsp3) is 0.435. The van der Waals surface area contributed by atoms with Crippen molar-refractivity contribution in [1.82, 2.24) is 29.9 Å². The van der Waals surface area contributed by atoms with Crippen molar-refractivity contribution in [2.75, 3.05) is 32.7 Å². The molecule has 2 aromatic heterocycles. The van der Waals surface area contributed by atoms with Gasteiger partial charge in [-0.2, -0.15) is 0 Å². The van der Waals surface area contributed by atoms with Crippen molar-refractivity contribution in [1.29, 1.82) is 0 Å². The lowest BCUT2D eigenvalue weighted by Crippen LogP contribution is -2.52. The van der Waals surface area contributed by atoms with Gasteiger partial charge in [0.1, 0.15) is 12.4 Å². The van der Waals surface area contributed by atoms with Gasteiger partial charge < -0.3 is 14.8 Å². The zero-order valence-corrected chi connectivity index (χ0v) is 21.9. The summed E-state index contributed by atoms with van der Waals surface area (Å²) in [7, 11) is 1.99. The first-order valence-electron chi connectivity index (χ1n) is 10.9. The van der Waals surface area contributed by atoms with Crippen molar-refractivity contribution >= 4 is 41.3 Å². The summed E-state index contributed by atoms with van der Waals surface area (Å²) in [4.78, 5) is 11.2. The van der Waals surface area contributed by atoms with E-state index in [4.69, 9.17) is 4.99 Å². The molecule has 7 nitrogen and oxygen atoms in total. The van der Waals surface area contributed by atoms with E-state index in [0.717, 1.165) is 63.3 Å². The molecule has 3 heterocycles. The van der Waals surface area contributed by atoms with Gasteiger partial charge in [-0.15, -0.1) is 45.5 Å². The first-order valence-corrected chi connectivity index (χ1v) is 11.7. The molecular formula is C23H32IN7S. The van der Waals surface area contributed by atoms with Gasteiger partial charge in [-0.1, -0.05) is 36.4 Å². The minimum absolute atomic E-state index is 0. The van der Waals surface area contributed by atoms with E-state index in [1.807, 2.05) is 18.5 Å². The van der Waals surface area contributed by atoms with Crippen LogP contribution >= 0.6 is 35.3 Å². The van der Waals surface area contributed by atoms with Crippen LogP contribution in [0.1, 0.15) is 22.1 Å². The molecule has 0 unspecified atom stereocenters. The Hall–Kier alpha value is -1.98. The van der Waals surface area contributed by atoms with Gasteiger partial charge in [0.05, 0.1) is 0 Å². The van der Waals surface area contributed by atoms with E-state index in [-0.39, 0.29) is 24.0 Å². The normalized spacial score (nSPS) is 14.9. The summed E-state index contributed by atoms with van der Waals surface area (Å²) >= 11 is 1.80. The molecule has 0 aliphatic carbocycles. The maximum absolute atomic E-state index is 4.91. The predicted octanol–water partition coefficient (Wildman–Crippen LogP) is 3.31. The number of aliphatic imine (C=N–C) groups is 1. The van der Waals surface area contributed by atoms with Crippen LogP contribution in [0.3, 0.4) is 0 Å². The van der Waals surface area contributed by atoms with E-state index in [0.29, 0.717) is 6.54 Å². The van der Waals surface area contributed by atoms with Crippen LogP contribution in [0.4, 0.5) is 0 Å². The molecule has 0 spiro atoms. The Morgan fingerprint density at radius 1 is 1.06 bits per heavy atom. The Labute approximate surface area is 211 Å². The number of thiophene rings is 1. The fourth-order valence-electron chi connectivity index (χ4n) is 3.71. The van der Waals surface area contributed by atoms with Crippen LogP contribution in [0.25, 0.3) is 0 Å². The number of hydrogen-bond donors (Lipinski definition) is 1. The number of aromatic nitrogens is 3. The maximum atomic E-state index is 4.91. The standard InChI is InChI=1S/C23H31N7S.HI/c1-19-26-27-22(28(19)2)17-25-23(24-11-10-21-9-6-16-31-21)30-14-12-29(13-15-30)18-20-7-4-3-5-8-20;/h3-9,16H,10-15,17-18H2,1-2H3,(H,24,25);1H. The minimum Gasteiger partial charge on any atom is -0.356 e. The van der Waals surface area contributed by atoms with Crippen LogP contribution in [0, 0.1) is 6.92 Å². The Morgan fingerprint density at radius 3 is 2.50 bits per heavy atom. The number of nitrogens with one attached hydrogen (secondary N) is 1. The lowest BCUT2D eigenvalue weighted by Gasteiger charge is -2.36. The third-order valence-corrected chi connectivity index (χ3v) is 6.64. The van der Waals surface area contributed by atoms with Crippen molar-refractivity contribution in [2.24, 2.45) is 12.0 Å². The minimum atomic E-state index is 0. The number of nitrogens with zero attached hydrogens (tertiary/aromatic N) is 6. The zero-order valence-electron chi connectivity index (χ0n) is 18.8. The van der Waals surface area contributed by atoms with Crippen molar-refractivity contribution < 1.29 is 0 Å². The van der Waals surface area contributed by atoms with Gasteiger partial charge in [0.15, 0.2) is 11.8 Å². The zero-order chi connectivity index (χ0) is 21.5. The van der Waals surface area contributed by atoms with Crippen LogP contribution in [-0.4, -0.2) is 63.2 Å². The smallest absolute Gasteiger partial charge is 0.194 e. The highest BCUT2D eigenvalue weighted by Crippen LogP contribution is 2.11. The summed E-state index contributed by atoms with van der Waals surface area (Å²) in [5, 5.41) is 14.1. The van der Waals surface area contributed by atoms with E-state index in [1.54, 1.807) is 11.3 Å². The van der Waals surface area contributed by atoms with Crippen LogP contribution in [0.15, 0.2) is 52.8 Å². The molecule has 0 radical (unpaired) electrons. The highest BCUT2D eigenvalue weighted by atomic mass is 127. The summed E-state index contributed by atoms with van der Waals surface area (Å²) in [6.07, 6.45) is 1.01. The van der Waals surface area contributed by atoms with Gasteiger partial charge in [0.2, 0.25) is 0 Å². The SMILES string of the molecule is Cc1nnc(CN=C(NCCc2cccs2)N2CCN(Cc3ccccc3)CC2)n1C.I. The van der Waals surface area contributed by atoms with Crippen LogP contribution < -0.4 is 5.32 Å². The second kappa shape index (κ2) is 12.3. The molecule has 0 saturated carbocycles. The number of rotatable bonds is 7. The second-order valence-electron chi connectivity index (χ2n) is 7.87. The monoisotopic (exact) mass is 565 g/mol. The Kier molecular flexibility index (Phi) is 9.49. The third kappa shape index (κ3) is 6.76. The molecule has 0 amide bonds. The van der Waals surface area contributed by atoms with Gasteiger partial charge in [0, 0.05) is 51.2 Å². The van der Waals surface area contributed by atoms with Crippen LogP contribution in [0.2, 0.25) is 0 Å². The van der Waals surface area contributed by atoms with Gasteiger partial charge in [-0.3, -0.25) is 4.90 Å². The molecule has 172 valence electrons. The van der Waals surface area contributed by atoms with Gasteiger partial charge >= 0.3 is 0 Å². The van der Waals surface area contributed by atoms with Crippen LogP contribution in [-0.2, 0) is 26.6 Å². The maximum Gasteiger partial charge on any atom is 0.194 e. The molecule has 0 atom stereocenters. The fourth-order valence-corrected chi connectivity index (χ4v) is 4.42. The molecule has 1 saturated heterocycles. The van der Waals surface area contributed by atoms with Crippen molar-refractivity contribution in [2.45, 2.75) is 26.4 Å². The van der Waals surface area contributed by atoms with Gasteiger partial charge in [-0.05, 0) is 30.4 Å². The number of guanidine groups is 1. The summed E-state index contributed by atoms with van der Waals surface area (Å²) in [5.74, 6) is 2.77. The molecule has 0 bridgehead atoms. The lowest BCUT2D eigenvalue weighted by atomic mass is 10.2. The molecule has 1 aromatic carbocycles. The molecule has 1 N–H and O–H groups in total. The van der Waals surface area contributed by atoms with Crippen molar-refractivity contribution in [3.63, 3.8) is 0 Å². The number of benzene rings is 1. The van der Waals surface area contributed by atoms with Crippen LogP contribution in [0.5, 0.6) is 0 Å². The Morgan fingerprint density at radius 2 is 1.84 bits per heavy atom. The topological polar surface area (TPSA) is 61.6 Å². The van der Waals surface area contributed by atoms with E-state index < -0.39 is 0 Å². The Bertz CT molecular complexity index is 964. The van der Waals surface area contributed by atoms with E-state index in [9.17, 15) is 0 Å². The third-order valence-electron chi connectivity index (χ3n) is 5.71. The highest BCUT2D eigenvalue weighted by Gasteiger charge is 2.20. The number of halogens is 1. The summed E-state index contributed by atoms with van der Waals surface area (Å²) in [6.45, 7) is 8.38. The quantitative estimate of drug-likeness (QED) is 0.271. The van der Waals surface area contributed by atoms with Crippen molar-refractivity contribution in [3.05, 3.63) is 69.9 Å². The number of aryl methyl sites for hydroxylation is 1. The highest BCUT2D eigenvalue weighted by molar-refractivity contribution is 14.0. The molecule has 1 aliphatic rings. The molecule has 1 fully saturated rings. The molecule has 4 rings (SSSR count). The Balaban J connectivity index is 0.00000289. The van der Waals surface area contributed by atoms with Crippen molar-refractivity contribution in [3.8, 4) is 0 Å². The summed E-state index contributed by atoms with van der Waals surface area (Å²) < 4.78 is 2.00. The number of piperazine rings is 1. The molecule has 9 heteroatoms.